The van der Waals surface area contributed by atoms with Crippen LogP contribution in [0.15, 0.2) is 47.7 Å². The maximum Gasteiger partial charge on any atom is 0.433 e. The average Bonchev–Trinajstić information content (AvgIpc) is 2.66. The maximum absolute atomic E-state index is 12.5. The van der Waals surface area contributed by atoms with E-state index in [-0.39, 0.29) is 37.2 Å². The lowest BCUT2D eigenvalue weighted by Crippen LogP contribution is -2.24. The van der Waals surface area contributed by atoms with Gasteiger partial charge in [-0.05, 0) is 42.3 Å². The van der Waals surface area contributed by atoms with E-state index in [1.54, 1.807) is 0 Å². The lowest BCUT2D eigenvalue weighted by molar-refractivity contribution is -0.0598. The van der Waals surface area contributed by atoms with Gasteiger partial charge in [-0.1, -0.05) is 6.08 Å². The number of alkyl halides is 6. The van der Waals surface area contributed by atoms with Gasteiger partial charge in [0.25, 0.3) is 0 Å². The van der Waals surface area contributed by atoms with Crippen molar-refractivity contribution >= 4 is 11.4 Å². The van der Waals surface area contributed by atoms with Crippen LogP contribution in [0.4, 0.5) is 26.3 Å². The number of hydrogen-bond donors (Lipinski definition) is 2. The van der Waals surface area contributed by atoms with Gasteiger partial charge in [-0.2, -0.15) is 26.3 Å². The van der Waals surface area contributed by atoms with Crippen molar-refractivity contribution < 1.29 is 35.8 Å². The first-order valence-corrected chi connectivity index (χ1v) is 8.56. The molecule has 0 fully saturated rings. The standard InChI is InChI=1S/C19H18F6N2O2/c20-18(21,22)16(26)12-2-6-14(7-3-12)28-10-1-11-29-15-8-4-13(5-9-15)17(27)19(23,24)25/h2-4,6-8,26-27H,1,5,9-11H2. The van der Waals surface area contributed by atoms with Gasteiger partial charge in [-0.3, -0.25) is 10.8 Å². The number of halogens is 6. The van der Waals surface area contributed by atoms with Crippen LogP contribution >= 0.6 is 0 Å². The number of nitrogens with one attached hydrogen (secondary N) is 2. The molecule has 0 atom stereocenters. The second-order valence-corrected chi connectivity index (χ2v) is 6.15. The molecule has 0 saturated heterocycles. The Bertz CT molecular complexity index is 807. The summed E-state index contributed by atoms with van der Waals surface area (Å²) in [5, 5.41) is 14.1. The van der Waals surface area contributed by atoms with Gasteiger partial charge in [0, 0.05) is 18.4 Å². The Hall–Kier alpha value is -2.78. The molecule has 1 aromatic rings. The Labute approximate surface area is 162 Å². The first-order chi connectivity index (χ1) is 13.5. The van der Waals surface area contributed by atoms with Crippen molar-refractivity contribution in [2.45, 2.75) is 31.6 Å². The molecular weight excluding hydrogens is 402 g/mol. The van der Waals surface area contributed by atoms with Crippen molar-refractivity contribution in [3.63, 3.8) is 0 Å². The highest BCUT2D eigenvalue weighted by molar-refractivity contribution is 6.02. The monoisotopic (exact) mass is 420 g/mol. The lowest BCUT2D eigenvalue weighted by atomic mass is 9.99. The molecule has 0 unspecified atom stereocenters. The van der Waals surface area contributed by atoms with Gasteiger partial charge >= 0.3 is 12.4 Å². The first kappa shape index (κ1) is 22.5. The minimum absolute atomic E-state index is 0.0694. The molecule has 1 aliphatic carbocycles. The molecule has 0 aliphatic heterocycles. The van der Waals surface area contributed by atoms with E-state index in [2.05, 4.69) is 0 Å². The average molecular weight is 420 g/mol. The molecule has 0 radical (unpaired) electrons. The zero-order valence-corrected chi connectivity index (χ0v) is 15.1. The fourth-order valence-electron chi connectivity index (χ4n) is 2.46. The van der Waals surface area contributed by atoms with Crippen molar-refractivity contribution in [2.24, 2.45) is 0 Å². The van der Waals surface area contributed by atoms with Gasteiger partial charge in [-0.25, -0.2) is 0 Å². The topological polar surface area (TPSA) is 66.2 Å². The Morgan fingerprint density at radius 1 is 0.793 bits per heavy atom. The second-order valence-electron chi connectivity index (χ2n) is 6.15. The van der Waals surface area contributed by atoms with Crippen molar-refractivity contribution in [3.8, 4) is 5.75 Å². The smallest absolute Gasteiger partial charge is 0.433 e. The van der Waals surface area contributed by atoms with E-state index in [9.17, 15) is 26.3 Å². The molecule has 2 N–H and O–H groups in total. The zero-order valence-electron chi connectivity index (χ0n) is 15.1. The Morgan fingerprint density at radius 2 is 1.38 bits per heavy atom. The molecule has 0 heterocycles. The predicted molar refractivity (Wildman–Crippen MR) is 94.6 cm³/mol. The summed E-state index contributed by atoms with van der Waals surface area (Å²) in [5.74, 6) is 0.859. The fourth-order valence-corrected chi connectivity index (χ4v) is 2.46. The molecule has 2 rings (SSSR count). The van der Waals surface area contributed by atoms with Gasteiger partial charge in [0.05, 0.1) is 19.0 Å². The number of hydrogen-bond acceptors (Lipinski definition) is 4. The molecule has 158 valence electrons. The summed E-state index contributed by atoms with van der Waals surface area (Å²) in [7, 11) is 0. The van der Waals surface area contributed by atoms with Crippen LogP contribution in [0, 0.1) is 10.8 Å². The molecular formula is C19H18F6N2O2. The summed E-state index contributed by atoms with van der Waals surface area (Å²) >= 11 is 0. The fraction of sp³-hybridized carbons (Fsp3) is 0.368. The van der Waals surface area contributed by atoms with Crippen LogP contribution in [0.25, 0.3) is 0 Å². The summed E-state index contributed by atoms with van der Waals surface area (Å²) in [6.07, 6.45) is -5.96. The normalized spacial score (nSPS) is 14.7. The highest BCUT2D eigenvalue weighted by atomic mass is 19.4. The number of rotatable bonds is 8. The molecule has 1 aromatic carbocycles. The molecule has 29 heavy (non-hydrogen) atoms. The van der Waals surface area contributed by atoms with Crippen molar-refractivity contribution in [1.82, 2.24) is 0 Å². The van der Waals surface area contributed by atoms with Crippen LogP contribution in [0.1, 0.15) is 24.8 Å². The number of allylic oxidation sites excluding steroid dienone is 4. The summed E-state index contributed by atoms with van der Waals surface area (Å²) in [6, 6.07) is 4.97. The Balaban J connectivity index is 1.73. The van der Waals surface area contributed by atoms with Crippen LogP contribution in [0.3, 0.4) is 0 Å². The van der Waals surface area contributed by atoms with Gasteiger partial charge in [0.1, 0.15) is 17.2 Å². The van der Waals surface area contributed by atoms with E-state index in [4.69, 9.17) is 20.3 Å². The van der Waals surface area contributed by atoms with E-state index in [1.165, 1.54) is 24.3 Å². The van der Waals surface area contributed by atoms with Crippen LogP contribution in [-0.4, -0.2) is 37.0 Å². The van der Waals surface area contributed by atoms with E-state index in [0.29, 0.717) is 17.9 Å². The summed E-state index contributed by atoms with van der Waals surface area (Å²) < 4.78 is 85.6. The highest BCUT2D eigenvalue weighted by Gasteiger charge is 2.37. The van der Waals surface area contributed by atoms with E-state index < -0.39 is 23.8 Å². The molecule has 10 heteroatoms. The highest BCUT2D eigenvalue weighted by Crippen LogP contribution is 2.28. The quantitative estimate of drug-likeness (QED) is 0.327. The molecule has 1 aliphatic rings. The van der Waals surface area contributed by atoms with Crippen molar-refractivity contribution in [3.05, 3.63) is 53.3 Å². The Morgan fingerprint density at radius 3 is 1.90 bits per heavy atom. The lowest BCUT2D eigenvalue weighted by Gasteiger charge is -2.17. The van der Waals surface area contributed by atoms with Crippen LogP contribution < -0.4 is 4.74 Å². The SMILES string of the molecule is N=C(C1=CC=C(OCCCOc2ccc(C(=N)C(F)(F)F)cc2)CC1)C(F)(F)F. The molecule has 0 spiro atoms. The molecule has 4 nitrogen and oxygen atoms in total. The zero-order chi connectivity index (χ0) is 21.7. The van der Waals surface area contributed by atoms with Crippen LogP contribution in [-0.2, 0) is 4.74 Å². The number of benzene rings is 1. The summed E-state index contributed by atoms with van der Waals surface area (Å²) in [4.78, 5) is 0. The maximum atomic E-state index is 12.5. The third kappa shape index (κ3) is 6.65. The van der Waals surface area contributed by atoms with Crippen molar-refractivity contribution in [2.75, 3.05) is 13.2 Å². The summed E-state index contributed by atoms with van der Waals surface area (Å²) in [6.45, 7) is 0.478. The largest absolute Gasteiger partial charge is 0.498 e. The van der Waals surface area contributed by atoms with Gasteiger partial charge in [0.2, 0.25) is 0 Å². The van der Waals surface area contributed by atoms with E-state index in [1.807, 2.05) is 0 Å². The van der Waals surface area contributed by atoms with Crippen molar-refractivity contribution in [1.29, 1.82) is 10.8 Å². The van der Waals surface area contributed by atoms with Gasteiger partial charge < -0.3 is 9.47 Å². The van der Waals surface area contributed by atoms with Gasteiger partial charge in [0.15, 0.2) is 0 Å². The minimum atomic E-state index is -4.71. The first-order valence-electron chi connectivity index (χ1n) is 8.56. The van der Waals surface area contributed by atoms with E-state index >= 15 is 0 Å². The minimum Gasteiger partial charge on any atom is -0.498 e. The molecule has 0 aromatic heterocycles. The summed E-state index contributed by atoms with van der Waals surface area (Å²) in [5.41, 5.74) is -3.13. The molecule has 0 bridgehead atoms. The Kier molecular flexibility index (Phi) is 7.10. The number of ether oxygens (including phenoxy) is 2. The van der Waals surface area contributed by atoms with Gasteiger partial charge in [-0.15, -0.1) is 0 Å². The van der Waals surface area contributed by atoms with E-state index in [0.717, 1.165) is 12.1 Å². The molecule has 0 amide bonds. The molecule has 0 saturated carbocycles. The van der Waals surface area contributed by atoms with Crippen LogP contribution in [0.5, 0.6) is 5.75 Å². The third-order valence-electron chi connectivity index (χ3n) is 3.99. The second kappa shape index (κ2) is 9.15. The van der Waals surface area contributed by atoms with Crippen LogP contribution in [0.2, 0.25) is 0 Å². The predicted octanol–water partition coefficient (Wildman–Crippen LogP) is 5.59. The third-order valence-corrected chi connectivity index (χ3v) is 3.99.